The molecule has 30 heavy (non-hydrogen) atoms. The molecule has 0 bridgehead atoms. The number of anilines is 1. The van der Waals surface area contributed by atoms with Crippen molar-refractivity contribution < 1.29 is 18.0 Å². The average Bonchev–Trinajstić information content (AvgIpc) is 2.79. The lowest BCUT2D eigenvalue weighted by Crippen LogP contribution is -2.38. The molecule has 160 valence electrons. The molecule has 1 aliphatic rings. The molecule has 3 rings (SSSR count). The standard InChI is InChI=1S/C22H27N3O4S/c1-23-22(27)19-13-6-7-14-20(19)24-21(26)16-9-8-12-18(15-16)30(28,29)25(2)17-10-4-3-5-11-17/h6-9,12-15,17H,3-5,10-11H2,1-2H3,(H,23,27)(H,24,26). The van der Waals surface area contributed by atoms with Crippen molar-refractivity contribution >= 4 is 27.5 Å². The van der Waals surface area contributed by atoms with Crippen molar-refractivity contribution in [2.24, 2.45) is 0 Å². The fourth-order valence-corrected chi connectivity index (χ4v) is 5.19. The average molecular weight is 430 g/mol. The number of nitrogens with one attached hydrogen (secondary N) is 2. The second kappa shape index (κ2) is 9.40. The lowest BCUT2D eigenvalue weighted by molar-refractivity contribution is 0.0964. The molecule has 7 nitrogen and oxygen atoms in total. The van der Waals surface area contributed by atoms with Gasteiger partial charge < -0.3 is 10.6 Å². The van der Waals surface area contributed by atoms with Crippen molar-refractivity contribution in [3.63, 3.8) is 0 Å². The third kappa shape index (κ3) is 4.71. The highest BCUT2D eigenvalue weighted by Gasteiger charge is 2.29. The zero-order valence-corrected chi connectivity index (χ0v) is 18.0. The summed E-state index contributed by atoms with van der Waals surface area (Å²) in [6.45, 7) is 0. The second-order valence-electron chi connectivity index (χ2n) is 7.42. The van der Waals surface area contributed by atoms with Crippen LogP contribution in [0.5, 0.6) is 0 Å². The zero-order valence-electron chi connectivity index (χ0n) is 17.2. The molecule has 2 aromatic carbocycles. The Morgan fingerprint density at radius 3 is 2.37 bits per heavy atom. The second-order valence-corrected chi connectivity index (χ2v) is 9.42. The van der Waals surface area contributed by atoms with Crippen molar-refractivity contribution in [3.8, 4) is 0 Å². The maximum atomic E-state index is 13.1. The van der Waals surface area contributed by atoms with E-state index in [0.29, 0.717) is 11.3 Å². The summed E-state index contributed by atoms with van der Waals surface area (Å²) in [6, 6.07) is 12.6. The van der Waals surface area contributed by atoms with Gasteiger partial charge >= 0.3 is 0 Å². The molecule has 0 aromatic heterocycles. The molecule has 0 unspecified atom stereocenters. The highest BCUT2D eigenvalue weighted by Crippen LogP contribution is 2.27. The van der Waals surface area contributed by atoms with Crippen LogP contribution < -0.4 is 10.6 Å². The number of amides is 2. The van der Waals surface area contributed by atoms with Crippen LogP contribution in [0.25, 0.3) is 0 Å². The SMILES string of the molecule is CNC(=O)c1ccccc1NC(=O)c1cccc(S(=O)(=O)N(C)C2CCCCC2)c1. The van der Waals surface area contributed by atoms with Crippen molar-refractivity contribution in [1.29, 1.82) is 0 Å². The van der Waals surface area contributed by atoms with Gasteiger partial charge in [-0.05, 0) is 43.2 Å². The summed E-state index contributed by atoms with van der Waals surface area (Å²) < 4.78 is 27.6. The monoisotopic (exact) mass is 429 g/mol. The van der Waals surface area contributed by atoms with Crippen molar-refractivity contribution in [3.05, 3.63) is 59.7 Å². The highest BCUT2D eigenvalue weighted by atomic mass is 32.2. The summed E-state index contributed by atoms with van der Waals surface area (Å²) in [5, 5.41) is 5.24. The Morgan fingerprint density at radius 2 is 1.67 bits per heavy atom. The van der Waals surface area contributed by atoms with E-state index < -0.39 is 15.9 Å². The first-order valence-corrected chi connectivity index (χ1v) is 11.5. The Morgan fingerprint density at radius 1 is 0.967 bits per heavy atom. The molecule has 2 aromatic rings. The van der Waals surface area contributed by atoms with Crippen molar-refractivity contribution in [2.75, 3.05) is 19.4 Å². The van der Waals surface area contributed by atoms with Crippen LogP contribution in [0.2, 0.25) is 0 Å². The number of hydrogen-bond donors (Lipinski definition) is 2. The van der Waals surface area contributed by atoms with Gasteiger partial charge in [0.05, 0.1) is 16.1 Å². The first-order chi connectivity index (χ1) is 14.3. The van der Waals surface area contributed by atoms with Crippen LogP contribution in [0.1, 0.15) is 52.8 Å². The van der Waals surface area contributed by atoms with Gasteiger partial charge in [0.1, 0.15) is 0 Å². The summed E-state index contributed by atoms with van der Waals surface area (Å²) in [7, 11) is -0.583. The molecule has 2 N–H and O–H groups in total. The van der Waals surface area contributed by atoms with Gasteiger partial charge in [-0.25, -0.2) is 8.42 Å². The Kier molecular flexibility index (Phi) is 6.89. The molecule has 0 radical (unpaired) electrons. The van der Waals surface area contributed by atoms with Gasteiger partial charge in [-0.2, -0.15) is 4.31 Å². The molecule has 2 amide bonds. The molecule has 8 heteroatoms. The molecular weight excluding hydrogens is 402 g/mol. The van der Waals surface area contributed by atoms with E-state index in [1.54, 1.807) is 43.4 Å². The van der Waals surface area contributed by atoms with E-state index in [0.717, 1.165) is 32.1 Å². The number of sulfonamides is 1. The molecular formula is C22H27N3O4S. The molecule has 0 saturated heterocycles. The molecule has 1 aliphatic carbocycles. The molecule has 0 aliphatic heterocycles. The molecule has 1 saturated carbocycles. The van der Waals surface area contributed by atoms with Crippen molar-refractivity contribution in [1.82, 2.24) is 9.62 Å². The van der Waals surface area contributed by atoms with Crippen LogP contribution in [-0.2, 0) is 10.0 Å². The number of carbonyl (C=O) groups excluding carboxylic acids is 2. The fraction of sp³-hybridized carbons (Fsp3) is 0.364. The fourth-order valence-electron chi connectivity index (χ4n) is 3.72. The Balaban J connectivity index is 1.83. The van der Waals surface area contributed by atoms with E-state index in [1.807, 2.05) is 0 Å². The number of carbonyl (C=O) groups is 2. The summed E-state index contributed by atoms with van der Waals surface area (Å²) >= 11 is 0. The Labute approximate surface area is 177 Å². The van der Waals surface area contributed by atoms with Gasteiger partial charge in [-0.15, -0.1) is 0 Å². The quantitative estimate of drug-likeness (QED) is 0.737. The van der Waals surface area contributed by atoms with E-state index in [-0.39, 0.29) is 22.4 Å². The number of hydrogen-bond acceptors (Lipinski definition) is 4. The van der Waals surface area contributed by atoms with E-state index in [1.165, 1.54) is 23.5 Å². The maximum Gasteiger partial charge on any atom is 0.255 e. The van der Waals surface area contributed by atoms with E-state index >= 15 is 0 Å². The first-order valence-electron chi connectivity index (χ1n) is 10.0. The molecule has 1 fully saturated rings. The van der Waals surface area contributed by atoms with Gasteiger partial charge in [0.25, 0.3) is 11.8 Å². The first kappa shape index (κ1) is 22.0. The third-order valence-electron chi connectivity index (χ3n) is 5.51. The van der Waals surface area contributed by atoms with E-state index in [2.05, 4.69) is 10.6 Å². The smallest absolute Gasteiger partial charge is 0.255 e. The van der Waals surface area contributed by atoms with Crippen LogP contribution in [0, 0.1) is 0 Å². The normalized spacial score (nSPS) is 15.0. The van der Waals surface area contributed by atoms with Crippen LogP contribution >= 0.6 is 0 Å². The number of rotatable bonds is 6. The summed E-state index contributed by atoms with van der Waals surface area (Å²) in [4.78, 5) is 24.9. The minimum atomic E-state index is -3.70. The molecule has 0 atom stereocenters. The van der Waals surface area contributed by atoms with Crippen LogP contribution in [0.4, 0.5) is 5.69 Å². The topological polar surface area (TPSA) is 95.6 Å². The van der Waals surface area contributed by atoms with Crippen molar-refractivity contribution in [2.45, 2.75) is 43.0 Å². The van der Waals surface area contributed by atoms with Gasteiger partial charge in [0.15, 0.2) is 0 Å². The predicted octanol–water partition coefficient (Wildman–Crippen LogP) is 3.25. The van der Waals surface area contributed by atoms with Gasteiger partial charge in [-0.3, -0.25) is 9.59 Å². The Hall–Kier alpha value is -2.71. The summed E-state index contributed by atoms with van der Waals surface area (Å²) in [5.41, 5.74) is 0.892. The van der Waals surface area contributed by atoms with Gasteiger partial charge in [0.2, 0.25) is 10.0 Å². The minimum absolute atomic E-state index is 0.0133. The molecule has 0 spiro atoms. The summed E-state index contributed by atoms with van der Waals surface area (Å²) in [5.74, 6) is -0.806. The number of para-hydroxylation sites is 1. The third-order valence-corrected chi connectivity index (χ3v) is 7.42. The Bertz CT molecular complexity index is 1030. The van der Waals surface area contributed by atoms with E-state index in [9.17, 15) is 18.0 Å². The van der Waals surface area contributed by atoms with Gasteiger partial charge in [-0.1, -0.05) is 37.5 Å². The lowest BCUT2D eigenvalue weighted by Gasteiger charge is -2.30. The lowest BCUT2D eigenvalue weighted by atomic mass is 9.96. The highest BCUT2D eigenvalue weighted by molar-refractivity contribution is 7.89. The van der Waals surface area contributed by atoms with Crippen LogP contribution in [0.15, 0.2) is 53.4 Å². The largest absolute Gasteiger partial charge is 0.355 e. The number of benzene rings is 2. The minimum Gasteiger partial charge on any atom is -0.355 e. The zero-order chi connectivity index (χ0) is 21.7. The summed E-state index contributed by atoms with van der Waals surface area (Å²) in [6.07, 6.45) is 4.89. The van der Waals surface area contributed by atoms with Crippen LogP contribution in [0.3, 0.4) is 0 Å². The predicted molar refractivity (Wildman–Crippen MR) is 116 cm³/mol. The maximum absolute atomic E-state index is 13.1. The van der Waals surface area contributed by atoms with E-state index in [4.69, 9.17) is 0 Å². The van der Waals surface area contributed by atoms with Crippen LogP contribution in [-0.4, -0.2) is 44.7 Å². The van der Waals surface area contributed by atoms with Gasteiger partial charge in [0, 0.05) is 25.7 Å². The molecule has 0 heterocycles. The number of nitrogens with zero attached hydrogens (tertiary/aromatic N) is 1.